The normalized spacial score (nSPS) is 17.5. The van der Waals surface area contributed by atoms with Gasteiger partial charge in [0.25, 0.3) is 0 Å². The van der Waals surface area contributed by atoms with Crippen molar-refractivity contribution >= 4 is 90.3 Å². The van der Waals surface area contributed by atoms with Gasteiger partial charge in [-0.3, -0.25) is 53.0 Å². The predicted octanol–water partition coefficient (Wildman–Crippen LogP) is 10.4. The predicted molar refractivity (Wildman–Crippen MR) is 473 cm³/mol. The lowest BCUT2D eigenvalue weighted by molar-refractivity contribution is -0.146. The molecule has 0 radical (unpaired) electrons. The van der Waals surface area contributed by atoms with Gasteiger partial charge in [0.15, 0.2) is 5.78 Å². The third-order valence-corrected chi connectivity index (χ3v) is 27.0. The summed E-state index contributed by atoms with van der Waals surface area (Å²) >= 11 is 0. The van der Waals surface area contributed by atoms with Gasteiger partial charge >= 0.3 is 18.2 Å². The lowest BCUT2D eigenvalue weighted by Gasteiger charge is -2.37. The summed E-state index contributed by atoms with van der Waals surface area (Å²) in [7, 11) is 1.76. The lowest BCUT2D eigenvalue weighted by Crippen LogP contribution is -2.61. The molecule has 34 heteroatoms. The maximum absolute atomic E-state index is 15.6. The summed E-state index contributed by atoms with van der Waals surface area (Å²) in [5, 5.41) is 31.7. The number of methoxy groups -OCH3 is 1. The molecule has 125 heavy (non-hydrogen) atoms. The van der Waals surface area contributed by atoms with Crippen LogP contribution in [-0.2, 0) is 94.4 Å². The molecule has 0 saturated carbocycles. The highest BCUT2D eigenvalue weighted by molar-refractivity contribution is 6.74. The number of hydrogen-bond acceptors (Lipinski definition) is 20. The summed E-state index contributed by atoms with van der Waals surface area (Å²) in [6, 6.07) is 22.0. The van der Waals surface area contributed by atoms with E-state index in [1.54, 1.807) is 144 Å². The van der Waals surface area contributed by atoms with Crippen molar-refractivity contribution in [1.82, 2.24) is 66.5 Å². The van der Waals surface area contributed by atoms with Crippen LogP contribution in [0.15, 0.2) is 133 Å². The Morgan fingerprint density at radius 2 is 0.976 bits per heavy atom. The Labute approximate surface area is 733 Å². The van der Waals surface area contributed by atoms with Crippen molar-refractivity contribution in [2.75, 3.05) is 34.3 Å². The zero-order valence-electron chi connectivity index (χ0n) is 76.3. The molecule has 12 atom stereocenters. The number of likely N-dealkylation sites (tertiary alicyclic amines) is 2. The van der Waals surface area contributed by atoms with Crippen molar-refractivity contribution in [3.8, 4) is 11.5 Å². The second-order valence-corrected chi connectivity index (χ2v) is 42.9. The SMILES string of the molecule is COC(=O)[C@H](Cc1ccc(OCc2cn([C@H]3C[C@@H](C(=O)N[C@@H](Cc4ccc5ccccc5c4)C(=O)N[C@@H](Cc4ccc(O[Si](C)(C)C(C)(C)C)cc4)C(C)=O)N(C(=O)[C@@H](NC(=O)C(C)N(C)C(=O)OC(C)(C)C)C(C)(C)C)C3)nn2)cc1)NC(=O)[C@H](Cc1ccccc1)NC(=O)[C@@H]1C[C@H](N=[N+]=[N-])CN1C(=O)C(NC(=O)C(C)N(C)C(=O)OC(C)(C)C)C(C)(C)C. The largest absolute Gasteiger partial charge is 0.544 e. The first-order valence-corrected chi connectivity index (χ1v) is 45.0. The average Bonchev–Trinajstić information content (AvgIpc) is 1.65. The number of amides is 10. The van der Waals surface area contributed by atoms with Gasteiger partial charge in [-0.25, -0.2) is 19.1 Å². The molecular weight excluding hydrogens is 1620 g/mol. The van der Waals surface area contributed by atoms with Crippen molar-refractivity contribution in [3.63, 3.8) is 0 Å². The maximum atomic E-state index is 15.6. The fourth-order valence-corrected chi connectivity index (χ4v) is 15.1. The van der Waals surface area contributed by atoms with Crippen LogP contribution < -0.4 is 41.1 Å². The number of fused-ring (bicyclic) bond motifs is 1. The number of ketones is 1. The molecule has 3 unspecified atom stereocenters. The minimum atomic E-state index is -2.19. The number of benzene rings is 5. The number of nitrogens with zero attached hydrogens (tertiary/aromatic N) is 10. The van der Waals surface area contributed by atoms with E-state index in [4.69, 9.17) is 23.4 Å². The number of rotatable bonds is 33. The number of Topliss-reactive ketones (excluding diaryl/α,β-unsaturated/α-hetero) is 1. The van der Waals surface area contributed by atoms with E-state index in [0.29, 0.717) is 33.9 Å². The molecule has 676 valence electrons. The standard InChI is InChI=1S/C91H126N16O17Si/c1-54(103(19)85(118)122-89(10,11)12)76(109)97-74(87(4,5)6)82(115)105-50-63(99-101-92)48-72(105)80(113)94-69(45-57-29-25-24-26-30-57)79(112)96-71(84(117)120-21)46-59-34-39-66(40-35-59)121-53-64-51-107(102-100-64)65-49-73(106(52-65)83(116)75(88(7,8)9)98-77(110)55(2)104(20)86(119)123-90(13,14)15)81(114)95-70(47-60-33-38-61-31-27-28-32-62(61)43-60)78(111)93-68(56(3)108)44-58-36-41-67(42-37-58)124-125(22,23)91(16,17)18/h24-43,51,54-55,63,65,68-75H,44-50,52-53H2,1-23H3,(H,93,111)(H,94,113)(H,95,114)(H,96,112)(H,97,109)(H,98,110)/t54?,55?,63-,65-,68-,69-,70-,71-,72-,73-,74?,75+/m0/s1. The topological polar surface area (TPSA) is 416 Å². The fraction of sp³-hybridized carbons (Fsp3) is 0.538. The third kappa shape index (κ3) is 27.3. The summed E-state index contributed by atoms with van der Waals surface area (Å²) in [5.41, 5.74) is 8.75. The average molecular weight is 1740 g/mol. The number of azide groups is 1. The Morgan fingerprint density at radius 1 is 0.536 bits per heavy atom. The molecule has 6 N–H and O–H groups in total. The fourth-order valence-electron chi connectivity index (χ4n) is 14.1. The van der Waals surface area contributed by atoms with E-state index < -0.39 is 168 Å². The number of esters is 1. The van der Waals surface area contributed by atoms with Crippen LogP contribution in [-0.4, -0.2) is 226 Å². The second-order valence-electron chi connectivity index (χ2n) is 38.1. The monoisotopic (exact) mass is 1740 g/mol. The molecule has 1 aromatic heterocycles. The highest BCUT2D eigenvalue weighted by Gasteiger charge is 2.50. The van der Waals surface area contributed by atoms with Crippen molar-refractivity contribution in [2.24, 2.45) is 15.9 Å². The third-order valence-electron chi connectivity index (χ3n) is 22.7. The van der Waals surface area contributed by atoms with Gasteiger partial charge in [-0.2, -0.15) is 0 Å². The quantitative estimate of drug-likeness (QED) is 0.00557. The zero-order valence-corrected chi connectivity index (χ0v) is 77.3. The molecule has 2 aliphatic rings. The molecule has 5 aromatic carbocycles. The second kappa shape index (κ2) is 41.3. The van der Waals surface area contributed by atoms with Crippen molar-refractivity contribution in [2.45, 2.75) is 272 Å². The van der Waals surface area contributed by atoms with Crippen molar-refractivity contribution < 1.29 is 80.9 Å². The van der Waals surface area contributed by atoms with Crippen LogP contribution in [0.5, 0.6) is 11.5 Å². The summed E-state index contributed by atoms with van der Waals surface area (Å²) < 4.78 is 30.5. The summed E-state index contributed by atoms with van der Waals surface area (Å²) in [4.78, 5) is 180. The van der Waals surface area contributed by atoms with E-state index >= 15 is 14.4 Å². The Hall–Kier alpha value is -11.9. The lowest BCUT2D eigenvalue weighted by atomic mass is 9.85. The van der Waals surface area contributed by atoms with Crippen LogP contribution >= 0.6 is 0 Å². The molecule has 2 aliphatic heterocycles. The Kier molecular flexibility index (Phi) is 32.5. The number of likely N-dealkylation sites (N-methyl/N-ethyl adjacent to an activating group) is 2. The van der Waals surface area contributed by atoms with Gasteiger partial charge in [-0.15, -0.1) is 5.10 Å². The van der Waals surface area contributed by atoms with Crippen LogP contribution in [0.2, 0.25) is 18.1 Å². The van der Waals surface area contributed by atoms with E-state index in [-0.39, 0.29) is 69.0 Å². The summed E-state index contributed by atoms with van der Waals surface area (Å²) in [5.74, 6) is -5.80. The van der Waals surface area contributed by atoms with Crippen molar-refractivity contribution in [3.05, 3.63) is 166 Å². The molecule has 0 spiro atoms. The number of nitrogens with one attached hydrogen (secondary N) is 6. The number of aromatic nitrogens is 3. The zero-order chi connectivity index (χ0) is 92.8. The van der Waals surface area contributed by atoms with E-state index in [1.165, 1.54) is 49.3 Å². The van der Waals surface area contributed by atoms with E-state index in [0.717, 1.165) is 33.2 Å². The molecule has 10 amide bonds. The molecule has 2 saturated heterocycles. The smallest absolute Gasteiger partial charge is 0.410 e. The van der Waals surface area contributed by atoms with Crippen molar-refractivity contribution in [1.29, 1.82) is 0 Å². The Balaban J connectivity index is 1.01. The molecule has 2 fully saturated rings. The minimum Gasteiger partial charge on any atom is -0.544 e. The van der Waals surface area contributed by atoms with Gasteiger partial charge in [0.1, 0.15) is 89.4 Å². The molecule has 3 heterocycles. The minimum absolute atomic E-state index is 0.0359. The van der Waals surface area contributed by atoms with Crippen LogP contribution in [0.25, 0.3) is 21.2 Å². The molecule has 6 aromatic rings. The van der Waals surface area contributed by atoms with Crippen LogP contribution in [0.4, 0.5) is 9.59 Å². The van der Waals surface area contributed by atoms with Crippen LogP contribution in [0.3, 0.4) is 0 Å². The van der Waals surface area contributed by atoms with Gasteiger partial charge in [0, 0.05) is 57.8 Å². The number of carbonyl (C=O) groups is 12. The Bertz CT molecular complexity index is 4910. The number of carbonyl (C=O) groups excluding carboxylic acids is 12. The highest BCUT2D eigenvalue weighted by Crippen LogP contribution is 2.38. The number of hydrogen-bond donors (Lipinski definition) is 6. The number of ether oxygens (including phenoxy) is 4. The summed E-state index contributed by atoms with van der Waals surface area (Å²) in [6.07, 6.45) is -0.271. The van der Waals surface area contributed by atoms with E-state index in [2.05, 4.69) is 86.1 Å². The van der Waals surface area contributed by atoms with Gasteiger partial charge in [0.05, 0.1) is 31.4 Å². The van der Waals surface area contributed by atoms with Crippen LogP contribution in [0, 0.1) is 10.8 Å². The van der Waals surface area contributed by atoms with E-state index in [9.17, 15) is 48.7 Å². The molecular formula is C91H126N16O17Si. The van der Waals surface area contributed by atoms with Gasteiger partial charge in [-0.1, -0.05) is 170 Å². The molecule has 0 bridgehead atoms. The Morgan fingerprint density at radius 3 is 1.46 bits per heavy atom. The van der Waals surface area contributed by atoms with Crippen LogP contribution in [0.1, 0.15) is 171 Å². The van der Waals surface area contributed by atoms with Gasteiger partial charge in [0.2, 0.25) is 55.6 Å². The van der Waals surface area contributed by atoms with E-state index in [1.807, 2.05) is 66.7 Å². The first-order valence-electron chi connectivity index (χ1n) is 42.1. The molecule has 8 rings (SSSR count). The molecule has 0 aliphatic carbocycles. The first-order chi connectivity index (χ1) is 58.2. The first kappa shape index (κ1) is 98.5. The van der Waals surface area contributed by atoms with Gasteiger partial charge < -0.3 is 65.1 Å². The highest BCUT2D eigenvalue weighted by atomic mass is 28.4. The molecule has 33 nitrogen and oxygen atoms in total. The van der Waals surface area contributed by atoms with Gasteiger partial charge in [-0.05, 0) is 167 Å². The maximum Gasteiger partial charge on any atom is 0.410 e. The summed E-state index contributed by atoms with van der Waals surface area (Å²) in [6.45, 7) is 35.1.